The maximum atomic E-state index is 5.92. The number of hydrogen-bond acceptors (Lipinski definition) is 3. The second-order valence-corrected chi connectivity index (χ2v) is 5.67. The standard InChI is InChI=1S/C19H25NO2/c1-4-21-19-12-17(11-15(3)20)9-10-18(19)22-13-16-7-5-14(2)6-8-16/h5-10,12,15H,4,11,13,20H2,1-3H3. The van der Waals surface area contributed by atoms with Crippen LogP contribution in [0, 0.1) is 6.92 Å². The molecule has 0 spiro atoms. The summed E-state index contributed by atoms with van der Waals surface area (Å²) in [5.41, 5.74) is 9.42. The first-order chi connectivity index (χ1) is 10.6. The van der Waals surface area contributed by atoms with Crippen LogP contribution < -0.4 is 15.2 Å². The van der Waals surface area contributed by atoms with Gasteiger partial charge in [0.05, 0.1) is 6.61 Å². The molecule has 2 rings (SSSR count). The van der Waals surface area contributed by atoms with Crippen LogP contribution in [0.5, 0.6) is 11.5 Å². The molecular formula is C19H25NO2. The quantitative estimate of drug-likeness (QED) is 0.844. The van der Waals surface area contributed by atoms with Gasteiger partial charge in [-0.2, -0.15) is 0 Å². The Balaban J connectivity index is 2.09. The molecule has 1 atom stereocenters. The summed E-state index contributed by atoms with van der Waals surface area (Å²) in [5.74, 6) is 1.56. The van der Waals surface area contributed by atoms with Crippen LogP contribution in [0.4, 0.5) is 0 Å². The summed E-state index contributed by atoms with van der Waals surface area (Å²) < 4.78 is 11.6. The topological polar surface area (TPSA) is 44.5 Å². The zero-order valence-electron chi connectivity index (χ0n) is 13.6. The molecule has 2 aromatic rings. The Morgan fingerprint density at radius 3 is 2.27 bits per heavy atom. The fourth-order valence-corrected chi connectivity index (χ4v) is 2.28. The average molecular weight is 299 g/mol. The Morgan fingerprint density at radius 1 is 0.955 bits per heavy atom. The van der Waals surface area contributed by atoms with Crippen molar-refractivity contribution in [2.45, 2.75) is 39.8 Å². The summed E-state index contributed by atoms with van der Waals surface area (Å²) in [4.78, 5) is 0. The van der Waals surface area contributed by atoms with Crippen molar-refractivity contribution in [1.29, 1.82) is 0 Å². The molecule has 0 fully saturated rings. The van der Waals surface area contributed by atoms with Gasteiger partial charge < -0.3 is 15.2 Å². The van der Waals surface area contributed by atoms with Crippen molar-refractivity contribution >= 4 is 0 Å². The maximum absolute atomic E-state index is 5.92. The average Bonchev–Trinajstić information content (AvgIpc) is 2.48. The summed E-state index contributed by atoms with van der Waals surface area (Å²) in [6.07, 6.45) is 0.832. The smallest absolute Gasteiger partial charge is 0.161 e. The minimum Gasteiger partial charge on any atom is -0.490 e. The summed E-state index contributed by atoms with van der Waals surface area (Å²) >= 11 is 0. The third-order valence-electron chi connectivity index (χ3n) is 3.38. The predicted octanol–water partition coefficient (Wildman–Crippen LogP) is 3.86. The van der Waals surface area contributed by atoms with E-state index in [0.717, 1.165) is 23.5 Å². The zero-order valence-corrected chi connectivity index (χ0v) is 13.6. The van der Waals surface area contributed by atoms with Crippen LogP contribution in [0.2, 0.25) is 0 Å². The molecule has 0 saturated carbocycles. The Labute approximate surface area is 133 Å². The number of aryl methyl sites for hydroxylation is 1. The van der Waals surface area contributed by atoms with Gasteiger partial charge in [-0.15, -0.1) is 0 Å². The number of benzene rings is 2. The molecule has 0 bridgehead atoms. The van der Waals surface area contributed by atoms with Crippen LogP contribution >= 0.6 is 0 Å². The third-order valence-corrected chi connectivity index (χ3v) is 3.38. The Kier molecular flexibility index (Phi) is 5.84. The summed E-state index contributed by atoms with van der Waals surface area (Å²) in [5, 5.41) is 0. The molecule has 22 heavy (non-hydrogen) atoms. The molecular weight excluding hydrogens is 274 g/mol. The Bertz CT molecular complexity index is 591. The lowest BCUT2D eigenvalue weighted by Crippen LogP contribution is -2.17. The van der Waals surface area contributed by atoms with E-state index in [2.05, 4.69) is 37.3 Å². The molecule has 1 unspecified atom stereocenters. The summed E-state index contributed by atoms with van der Waals surface area (Å²) in [6.45, 7) is 7.20. The molecule has 0 aromatic heterocycles. The van der Waals surface area contributed by atoms with Crippen molar-refractivity contribution in [3.8, 4) is 11.5 Å². The zero-order chi connectivity index (χ0) is 15.9. The lowest BCUT2D eigenvalue weighted by Gasteiger charge is -2.14. The third kappa shape index (κ3) is 4.78. The van der Waals surface area contributed by atoms with Crippen LogP contribution in [0.25, 0.3) is 0 Å². The van der Waals surface area contributed by atoms with Gasteiger partial charge >= 0.3 is 0 Å². The van der Waals surface area contributed by atoms with E-state index in [0.29, 0.717) is 13.2 Å². The highest BCUT2D eigenvalue weighted by molar-refractivity contribution is 5.43. The van der Waals surface area contributed by atoms with Gasteiger partial charge in [-0.05, 0) is 50.5 Å². The highest BCUT2D eigenvalue weighted by Crippen LogP contribution is 2.29. The second-order valence-electron chi connectivity index (χ2n) is 5.67. The molecule has 0 heterocycles. The van der Waals surface area contributed by atoms with Crippen molar-refractivity contribution in [2.24, 2.45) is 5.73 Å². The molecule has 2 N–H and O–H groups in total. The molecule has 0 radical (unpaired) electrons. The van der Waals surface area contributed by atoms with Gasteiger partial charge in [0, 0.05) is 6.04 Å². The number of nitrogens with two attached hydrogens (primary N) is 1. The summed E-state index contributed by atoms with van der Waals surface area (Å²) in [6, 6.07) is 14.5. The number of rotatable bonds is 7. The molecule has 3 heteroatoms. The van der Waals surface area contributed by atoms with E-state index in [4.69, 9.17) is 15.2 Å². The van der Waals surface area contributed by atoms with Crippen molar-refractivity contribution < 1.29 is 9.47 Å². The van der Waals surface area contributed by atoms with E-state index < -0.39 is 0 Å². The van der Waals surface area contributed by atoms with E-state index in [1.807, 2.05) is 26.0 Å². The SMILES string of the molecule is CCOc1cc(CC(C)N)ccc1OCc1ccc(C)cc1. The van der Waals surface area contributed by atoms with Gasteiger partial charge in [0.15, 0.2) is 11.5 Å². The van der Waals surface area contributed by atoms with Crippen LogP contribution in [0.1, 0.15) is 30.5 Å². The summed E-state index contributed by atoms with van der Waals surface area (Å²) in [7, 11) is 0. The normalized spacial score (nSPS) is 12.0. The maximum Gasteiger partial charge on any atom is 0.161 e. The lowest BCUT2D eigenvalue weighted by molar-refractivity contribution is 0.269. The van der Waals surface area contributed by atoms with Crippen LogP contribution in [0.15, 0.2) is 42.5 Å². The monoisotopic (exact) mass is 299 g/mol. The molecule has 0 amide bonds. The van der Waals surface area contributed by atoms with Crippen molar-refractivity contribution in [1.82, 2.24) is 0 Å². The van der Waals surface area contributed by atoms with Crippen molar-refractivity contribution in [2.75, 3.05) is 6.61 Å². The molecule has 118 valence electrons. The number of hydrogen-bond donors (Lipinski definition) is 1. The molecule has 3 nitrogen and oxygen atoms in total. The first-order valence-corrected chi connectivity index (χ1v) is 7.78. The van der Waals surface area contributed by atoms with Gasteiger partial charge in [-0.1, -0.05) is 35.9 Å². The van der Waals surface area contributed by atoms with E-state index in [9.17, 15) is 0 Å². The molecule has 0 aliphatic rings. The van der Waals surface area contributed by atoms with Crippen molar-refractivity contribution in [3.63, 3.8) is 0 Å². The second kappa shape index (κ2) is 7.85. The highest BCUT2D eigenvalue weighted by Gasteiger charge is 2.08. The van der Waals surface area contributed by atoms with Gasteiger partial charge in [0.2, 0.25) is 0 Å². The van der Waals surface area contributed by atoms with E-state index >= 15 is 0 Å². The molecule has 0 saturated heterocycles. The van der Waals surface area contributed by atoms with E-state index in [-0.39, 0.29) is 6.04 Å². The molecule has 0 aliphatic heterocycles. The predicted molar refractivity (Wildman–Crippen MR) is 90.5 cm³/mol. The fourth-order valence-electron chi connectivity index (χ4n) is 2.28. The lowest BCUT2D eigenvalue weighted by atomic mass is 10.1. The number of ether oxygens (including phenoxy) is 2. The van der Waals surface area contributed by atoms with Gasteiger partial charge in [0.25, 0.3) is 0 Å². The van der Waals surface area contributed by atoms with Crippen LogP contribution in [-0.2, 0) is 13.0 Å². The largest absolute Gasteiger partial charge is 0.490 e. The van der Waals surface area contributed by atoms with Crippen molar-refractivity contribution in [3.05, 3.63) is 59.2 Å². The Hall–Kier alpha value is -2.00. The van der Waals surface area contributed by atoms with Crippen LogP contribution in [0.3, 0.4) is 0 Å². The molecule has 0 aliphatic carbocycles. The highest BCUT2D eigenvalue weighted by atomic mass is 16.5. The van der Waals surface area contributed by atoms with Gasteiger partial charge in [-0.25, -0.2) is 0 Å². The Morgan fingerprint density at radius 2 is 1.64 bits per heavy atom. The minimum absolute atomic E-state index is 0.133. The fraction of sp³-hybridized carbons (Fsp3) is 0.368. The van der Waals surface area contributed by atoms with Gasteiger partial charge in [0.1, 0.15) is 6.61 Å². The van der Waals surface area contributed by atoms with Crippen LogP contribution in [-0.4, -0.2) is 12.6 Å². The first kappa shape index (κ1) is 16.4. The molecule has 2 aromatic carbocycles. The first-order valence-electron chi connectivity index (χ1n) is 7.78. The van der Waals surface area contributed by atoms with E-state index in [1.165, 1.54) is 11.1 Å². The minimum atomic E-state index is 0.133. The van der Waals surface area contributed by atoms with E-state index in [1.54, 1.807) is 0 Å². The van der Waals surface area contributed by atoms with Gasteiger partial charge in [-0.3, -0.25) is 0 Å².